The van der Waals surface area contributed by atoms with Crippen molar-refractivity contribution in [1.82, 2.24) is 14.8 Å². The molecular formula is C19H19ClN4. The van der Waals surface area contributed by atoms with Crippen molar-refractivity contribution in [3.63, 3.8) is 0 Å². The molecule has 1 N–H and O–H groups in total. The maximum absolute atomic E-state index is 6.04. The predicted molar refractivity (Wildman–Crippen MR) is 96.4 cm³/mol. The molecule has 0 saturated carbocycles. The van der Waals surface area contributed by atoms with E-state index in [0.717, 1.165) is 23.8 Å². The van der Waals surface area contributed by atoms with Crippen LogP contribution in [0.15, 0.2) is 54.9 Å². The van der Waals surface area contributed by atoms with Crippen LogP contribution in [0.25, 0.3) is 0 Å². The second-order valence-corrected chi connectivity index (χ2v) is 6.56. The number of nitrogens with one attached hydrogen (secondary N) is 1. The summed E-state index contributed by atoms with van der Waals surface area (Å²) in [7, 11) is 0. The summed E-state index contributed by atoms with van der Waals surface area (Å²) in [5.41, 5.74) is 3.83. The molecule has 0 unspecified atom stereocenters. The zero-order chi connectivity index (χ0) is 16.5. The Kier molecular flexibility index (Phi) is 3.98. The van der Waals surface area contributed by atoms with Crippen LogP contribution in [-0.4, -0.2) is 14.8 Å². The van der Waals surface area contributed by atoms with Gasteiger partial charge >= 0.3 is 0 Å². The standard InChI is InChI=1S/C19H19ClN4/c1-2-13-3-5-14(6-4-13)17-11-18(15-7-9-16(20)10-8-15)24-19(23-17)21-12-22-24/h3-10,12,17-18H,2,11H2,1H3,(H,21,22,23)/t17-,18+/m0/s1. The third-order valence-corrected chi connectivity index (χ3v) is 4.93. The molecule has 0 amide bonds. The largest absolute Gasteiger partial charge is 0.348 e. The Morgan fingerprint density at radius 1 is 1.08 bits per heavy atom. The first kappa shape index (κ1) is 15.2. The van der Waals surface area contributed by atoms with Gasteiger partial charge in [-0.2, -0.15) is 10.1 Å². The summed E-state index contributed by atoms with van der Waals surface area (Å²) in [5, 5.41) is 8.66. The fourth-order valence-corrected chi connectivity index (χ4v) is 3.41. The number of fused-ring (bicyclic) bond motifs is 1. The van der Waals surface area contributed by atoms with Gasteiger partial charge in [-0.25, -0.2) is 4.68 Å². The van der Waals surface area contributed by atoms with E-state index >= 15 is 0 Å². The van der Waals surface area contributed by atoms with Gasteiger partial charge in [0, 0.05) is 5.02 Å². The summed E-state index contributed by atoms with van der Waals surface area (Å²) in [6.07, 6.45) is 3.58. The zero-order valence-corrected chi connectivity index (χ0v) is 14.2. The number of aryl methyl sites for hydroxylation is 1. The Morgan fingerprint density at radius 3 is 2.50 bits per heavy atom. The smallest absolute Gasteiger partial charge is 0.222 e. The van der Waals surface area contributed by atoms with Gasteiger partial charge in [-0.1, -0.05) is 54.9 Å². The normalized spacial score (nSPS) is 19.6. The first-order valence-electron chi connectivity index (χ1n) is 8.25. The van der Waals surface area contributed by atoms with E-state index in [9.17, 15) is 0 Å². The lowest BCUT2D eigenvalue weighted by Crippen LogP contribution is -2.28. The van der Waals surface area contributed by atoms with Crippen LogP contribution in [-0.2, 0) is 6.42 Å². The zero-order valence-electron chi connectivity index (χ0n) is 13.5. The van der Waals surface area contributed by atoms with E-state index in [2.05, 4.69) is 58.7 Å². The van der Waals surface area contributed by atoms with Gasteiger partial charge in [0.25, 0.3) is 0 Å². The van der Waals surface area contributed by atoms with E-state index < -0.39 is 0 Å². The lowest BCUT2D eigenvalue weighted by Gasteiger charge is -2.32. The molecule has 4 nitrogen and oxygen atoms in total. The number of benzene rings is 2. The van der Waals surface area contributed by atoms with E-state index in [1.807, 2.05) is 16.8 Å². The molecule has 2 aromatic carbocycles. The Bertz CT molecular complexity index is 823. The van der Waals surface area contributed by atoms with Gasteiger partial charge in [-0.15, -0.1) is 0 Å². The number of nitrogens with zero attached hydrogens (tertiary/aromatic N) is 3. The van der Waals surface area contributed by atoms with E-state index in [-0.39, 0.29) is 12.1 Å². The highest BCUT2D eigenvalue weighted by Crippen LogP contribution is 2.37. The molecule has 24 heavy (non-hydrogen) atoms. The van der Waals surface area contributed by atoms with Gasteiger partial charge < -0.3 is 5.32 Å². The fourth-order valence-electron chi connectivity index (χ4n) is 3.29. The summed E-state index contributed by atoms with van der Waals surface area (Å²) in [5.74, 6) is 0.811. The van der Waals surface area contributed by atoms with Crippen molar-refractivity contribution in [3.05, 3.63) is 76.6 Å². The van der Waals surface area contributed by atoms with Crippen molar-refractivity contribution in [3.8, 4) is 0 Å². The molecule has 0 fully saturated rings. The van der Waals surface area contributed by atoms with Crippen molar-refractivity contribution in [2.75, 3.05) is 5.32 Å². The van der Waals surface area contributed by atoms with E-state index in [1.165, 1.54) is 16.7 Å². The molecule has 4 rings (SSSR count). The molecule has 0 saturated heterocycles. The van der Waals surface area contributed by atoms with Crippen LogP contribution in [0.5, 0.6) is 0 Å². The van der Waals surface area contributed by atoms with E-state index in [1.54, 1.807) is 6.33 Å². The third-order valence-electron chi connectivity index (χ3n) is 4.68. The van der Waals surface area contributed by atoms with Crippen LogP contribution in [0.4, 0.5) is 5.95 Å². The van der Waals surface area contributed by atoms with Gasteiger partial charge in [0.1, 0.15) is 6.33 Å². The first-order valence-corrected chi connectivity index (χ1v) is 8.62. The van der Waals surface area contributed by atoms with Crippen LogP contribution >= 0.6 is 11.6 Å². The number of anilines is 1. The molecule has 3 aromatic rings. The lowest BCUT2D eigenvalue weighted by molar-refractivity contribution is 0.431. The highest BCUT2D eigenvalue weighted by Gasteiger charge is 2.29. The van der Waals surface area contributed by atoms with E-state index in [0.29, 0.717) is 0 Å². The summed E-state index contributed by atoms with van der Waals surface area (Å²) in [6, 6.07) is 17.2. The quantitative estimate of drug-likeness (QED) is 0.756. The highest BCUT2D eigenvalue weighted by atomic mass is 35.5. The molecule has 2 heterocycles. The SMILES string of the molecule is CCc1ccc([C@@H]2C[C@H](c3ccc(Cl)cc3)n3ncnc3N2)cc1. The first-order chi connectivity index (χ1) is 11.7. The molecule has 1 aromatic heterocycles. The Labute approximate surface area is 146 Å². The van der Waals surface area contributed by atoms with Crippen LogP contribution in [0.1, 0.15) is 42.1 Å². The van der Waals surface area contributed by atoms with Crippen molar-refractivity contribution < 1.29 is 0 Å². The topological polar surface area (TPSA) is 42.7 Å². The van der Waals surface area contributed by atoms with Crippen LogP contribution in [0.2, 0.25) is 5.02 Å². The van der Waals surface area contributed by atoms with E-state index in [4.69, 9.17) is 11.6 Å². The van der Waals surface area contributed by atoms with Crippen molar-refractivity contribution in [1.29, 1.82) is 0 Å². The summed E-state index contributed by atoms with van der Waals surface area (Å²) in [6.45, 7) is 2.17. The van der Waals surface area contributed by atoms with Gasteiger partial charge in [0.15, 0.2) is 0 Å². The van der Waals surface area contributed by atoms with Crippen molar-refractivity contribution >= 4 is 17.5 Å². The Balaban J connectivity index is 1.68. The number of hydrogen-bond acceptors (Lipinski definition) is 3. The highest BCUT2D eigenvalue weighted by molar-refractivity contribution is 6.30. The summed E-state index contributed by atoms with van der Waals surface area (Å²) in [4.78, 5) is 4.37. The maximum Gasteiger partial charge on any atom is 0.222 e. The number of halogens is 1. The Hall–Kier alpha value is -2.33. The summed E-state index contributed by atoms with van der Waals surface area (Å²) >= 11 is 6.04. The molecule has 2 atom stereocenters. The van der Waals surface area contributed by atoms with Gasteiger partial charge in [0.2, 0.25) is 5.95 Å². The molecule has 0 bridgehead atoms. The van der Waals surface area contributed by atoms with Crippen molar-refractivity contribution in [2.45, 2.75) is 31.8 Å². The molecular weight excluding hydrogens is 320 g/mol. The minimum Gasteiger partial charge on any atom is -0.348 e. The second-order valence-electron chi connectivity index (χ2n) is 6.12. The Morgan fingerprint density at radius 2 is 1.79 bits per heavy atom. The van der Waals surface area contributed by atoms with Crippen LogP contribution in [0, 0.1) is 0 Å². The van der Waals surface area contributed by atoms with Crippen LogP contribution in [0.3, 0.4) is 0 Å². The third kappa shape index (κ3) is 2.78. The van der Waals surface area contributed by atoms with Gasteiger partial charge in [-0.3, -0.25) is 0 Å². The molecule has 122 valence electrons. The number of aromatic nitrogens is 3. The average molecular weight is 339 g/mol. The minimum atomic E-state index is 0.150. The van der Waals surface area contributed by atoms with Gasteiger partial charge in [0.05, 0.1) is 12.1 Å². The predicted octanol–water partition coefficient (Wildman–Crippen LogP) is 4.64. The molecule has 1 aliphatic heterocycles. The molecule has 5 heteroatoms. The second kappa shape index (κ2) is 6.29. The molecule has 0 radical (unpaired) electrons. The monoisotopic (exact) mass is 338 g/mol. The molecule has 0 spiro atoms. The molecule has 0 aliphatic carbocycles. The van der Waals surface area contributed by atoms with Crippen molar-refractivity contribution in [2.24, 2.45) is 0 Å². The summed E-state index contributed by atoms with van der Waals surface area (Å²) < 4.78 is 1.96. The maximum atomic E-state index is 6.04. The average Bonchev–Trinajstić information content (AvgIpc) is 3.10. The number of rotatable bonds is 3. The lowest BCUT2D eigenvalue weighted by atomic mass is 9.93. The fraction of sp³-hybridized carbons (Fsp3) is 0.263. The minimum absolute atomic E-state index is 0.150. The molecule has 1 aliphatic rings. The van der Waals surface area contributed by atoms with Gasteiger partial charge in [-0.05, 0) is 41.7 Å². The number of hydrogen-bond donors (Lipinski definition) is 1. The van der Waals surface area contributed by atoms with Crippen LogP contribution < -0.4 is 5.32 Å².